The van der Waals surface area contributed by atoms with Crippen LogP contribution in [0.3, 0.4) is 0 Å². The van der Waals surface area contributed by atoms with E-state index in [0.717, 1.165) is 35.1 Å². The molecule has 1 heterocycles. The number of rotatable bonds is 4. The Kier molecular flexibility index (Phi) is 4.80. The highest BCUT2D eigenvalue weighted by Crippen LogP contribution is 2.32. The molecule has 26 heavy (non-hydrogen) atoms. The maximum absolute atomic E-state index is 13.0. The Morgan fingerprint density at radius 2 is 1.85 bits per heavy atom. The average molecular weight is 372 g/mol. The molecule has 1 aliphatic rings. The van der Waals surface area contributed by atoms with E-state index in [9.17, 15) is 13.2 Å². The molecule has 0 bridgehead atoms. The van der Waals surface area contributed by atoms with Gasteiger partial charge in [-0.15, -0.1) is 0 Å². The first kappa shape index (κ1) is 18.5. The van der Waals surface area contributed by atoms with Gasteiger partial charge in [-0.2, -0.15) is 0 Å². The minimum absolute atomic E-state index is 0.0149. The van der Waals surface area contributed by atoms with Gasteiger partial charge < -0.3 is 4.90 Å². The van der Waals surface area contributed by atoms with Crippen molar-refractivity contribution in [1.82, 2.24) is 0 Å². The van der Waals surface area contributed by atoms with Crippen LogP contribution in [0.15, 0.2) is 42.5 Å². The number of carbonyl (C=O) groups excluding carboxylic acids is 1. The van der Waals surface area contributed by atoms with Crippen molar-refractivity contribution in [3.63, 3.8) is 0 Å². The SMILES string of the molecule is Cc1ccc(N(CC(=O)N2c3ccccc3C[C@@H]2C)S(C)(=O)=O)cc1C. The van der Waals surface area contributed by atoms with Crippen molar-refractivity contribution in [2.24, 2.45) is 0 Å². The van der Waals surface area contributed by atoms with E-state index in [0.29, 0.717) is 5.69 Å². The molecule has 0 aromatic heterocycles. The number of hydrogen-bond acceptors (Lipinski definition) is 3. The number of para-hydroxylation sites is 1. The lowest BCUT2D eigenvalue weighted by molar-refractivity contribution is -0.117. The third-order valence-corrected chi connectivity index (χ3v) is 6.07. The van der Waals surface area contributed by atoms with E-state index < -0.39 is 10.0 Å². The Balaban J connectivity index is 1.93. The molecule has 0 spiro atoms. The topological polar surface area (TPSA) is 57.7 Å². The van der Waals surface area contributed by atoms with Gasteiger partial charge in [-0.3, -0.25) is 9.10 Å². The van der Waals surface area contributed by atoms with Crippen LogP contribution in [0.25, 0.3) is 0 Å². The van der Waals surface area contributed by atoms with Gasteiger partial charge in [-0.05, 0) is 62.1 Å². The molecule has 5 nitrogen and oxygen atoms in total. The fraction of sp³-hybridized carbons (Fsp3) is 0.350. The number of hydrogen-bond donors (Lipinski definition) is 0. The first-order valence-electron chi connectivity index (χ1n) is 8.63. The van der Waals surface area contributed by atoms with Crippen LogP contribution in [-0.2, 0) is 21.2 Å². The molecule has 1 aliphatic heterocycles. The van der Waals surface area contributed by atoms with Gasteiger partial charge in [-0.25, -0.2) is 8.42 Å². The maximum atomic E-state index is 13.0. The van der Waals surface area contributed by atoms with Gasteiger partial charge in [0.1, 0.15) is 6.54 Å². The summed E-state index contributed by atoms with van der Waals surface area (Å²) >= 11 is 0. The smallest absolute Gasteiger partial charge is 0.248 e. The minimum atomic E-state index is -3.58. The van der Waals surface area contributed by atoms with Crippen LogP contribution in [0.5, 0.6) is 0 Å². The lowest BCUT2D eigenvalue weighted by Gasteiger charge is -2.28. The molecule has 138 valence electrons. The zero-order valence-electron chi connectivity index (χ0n) is 15.6. The number of fused-ring (bicyclic) bond motifs is 1. The van der Waals surface area contributed by atoms with Crippen LogP contribution in [0.1, 0.15) is 23.6 Å². The van der Waals surface area contributed by atoms with Crippen LogP contribution in [0.4, 0.5) is 11.4 Å². The molecule has 2 aromatic rings. The minimum Gasteiger partial charge on any atom is -0.307 e. The molecule has 1 atom stereocenters. The molecule has 3 rings (SSSR count). The third-order valence-electron chi connectivity index (χ3n) is 4.93. The lowest BCUT2D eigenvalue weighted by Crippen LogP contribution is -2.45. The van der Waals surface area contributed by atoms with E-state index in [2.05, 4.69) is 0 Å². The highest BCUT2D eigenvalue weighted by molar-refractivity contribution is 7.92. The number of benzene rings is 2. The molecule has 0 radical (unpaired) electrons. The molecule has 0 unspecified atom stereocenters. The van der Waals surface area contributed by atoms with E-state index in [-0.39, 0.29) is 18.5 Å². The van der Waals surface area contributed by atoms with Gasteiger partial charge in [0.25, 0.3) is 0 Å². The third kappa shape index (κ3) is 3.46. The number of aryl methyl sites for hydroxylation is 2. The molecule has 2 aromatic carbocycles. The highest BCUT2D eigenvalue weighted by atomic mass is 32.2. The summed E-state index contributed by atoms with van der Waals surface area (Å²) in [5, 5.41) is 0. The van der Waals surface area contributed by atoms with Crippen molar-refractivity contribution >= 4 is 27.3 Å². The molecule has 0 saturated heterocycles. The van der Waals surface area contributed by atoms with Gasteiger partial charge >= 0.3 is 0 Å². The van der Waals surface area contributed by atoms with Gasteiger partial charge in [-0.1, -0.05) is 24.3 Å². The van der Waals surface area contributed by atoms with E-state index in [1.165, 1.54) is 4.31 Å². The molecule has 1 amide bonds. The second-order valence-electron chi connectivity index (χ2n) is 6.98. The predicted molar refractivity (Wildman–Crippen MR) is 105 cm³/mol. The van der Waals surface area contributed by atoms with Crippen molar-refractivity contribution in [1.29, 1.82) is 0 Å². The Hall–Kier alpha value is -2.34. The summed E-state index contributed by atoms with van der Waals surface area (Å²) in [6, 6.07) is 13.2. The summed E-state index contributed by atoms with van der Waals surface area (Å²) < 4.78 is 25.9. The molecular weight excluding hydrogens is 348 g/mol. The van der Waals surface area contributed by atoms with Crippen molar-refractivity contribution in [2.75, 3.05) is 22.0 Å². The van der Waals surface area contributed by atoms with Crippen molar-refractivity contribution in [3.05, 3.63) is 59.2 Å². The summed E-state index contributed by atoms with van der Waals surface area (Å²) in [5.74, 6) is -0.217. The highest BCUT2D eigenvalue weighted by Gasteiger charge is 2.33. The molecule has 0 fully saturated rings. The molecule has 0 saturated carbocycles. The molecule has 6 heteroatoms. The standard InChI is InChI=1S/C20H24N2O3S/c1-14-9-10-18(11-15(14)2)21(26(4,24)25)13-20(23)22-16(3)12-17-7-5-6-8-19(17)22/h5-11,16H,12-13H2,1-4H3/t16-/m0/s1. The number of nitrogens with zero attached hydrogens (tertiary/aromatic N) is 2. The molecule has 0 aliphatic carbocycles. The van der Waals surface area contributed by atoms with E-state index >= 15 is 0 Å². The molecular formula is C20H24N2O3S. The zero-order valence-corrected chi connectivity index (χ0v) is 16.4. The fourth-order valence-corrected chi connectivity index (χ4v) is 4.27. The van der Waals surface area contributed by atoms with E-state index in [1.54, 1.807) is 11.0 Å². The number of carbonyl (C=O) groups is 1. The van der Waals surface area contributed by atoms with Crippen LogP contribution in [0.2, 0.25) is 0 Å². The summed E-state index contributed by atoms with van der Waals surface area (Å²) in [7, 11) is -3.58. The monoisotopic (exact) mass is 372 g/mol. The van der Waals surface area contributed by atoms with Crippen LogP contribution in [0, 0.1) is 13.8 Å². The number of anilines is 2. The Labute approximate surface area is 155 Å². The number of sulfonamides is 1. The van der Waals surface area contributed by atoms with E-state index in [1.807, 2.05) is 57.2 Å². The van der Waals surface area contributed by atoms with Gasteiger partial charge in [0.05, 0.1) is 11.9 Å². The second kappa shape index (κ2) is 6.76. The van der Waals surface area contributed by atoms with Gasteiger partial charge in [0.15, 0.2) is 0 Å². The van der Waals surface area contributed by atoms with Crippen molar-refractivity contribution in [3.8, 4) is 0 Å². The van der Waals surface area contributed by atoms with Crippen molar-refractivity contribution < 1.29 is 13.2 Å². The fourth-order valence-electron chi connectivity index (χ4n) is 3.43. The first-order chi connectivity index (χ1) is 12.2. The second-order valence-corrected chi connectivity index (χ2v) is 8.89. The van der Waals surface area contributed by atoms with Gasteiger partial charge in [0.2, 0.25) is 15.9 Å². The number of amides is 1. The predicted octanol–water partition coefficient (Wildman–Crippen LogP) is 3.05. The Bertz CT molecular complexity index is 953. The summed E-state index contributed by atoms with van der Waals surface area (Å²) in [6.07, 6.45) is 1.92. The van der Waals surface area contributed by atoms with Crippen LogP contribution >= 0.6 is 0 Å². The summed E-state index contributed by atoms with van der Waals surface area (Å²) in [6.45, 7) is 5.68. The zero-order chi connectivity index (χ0) is 19.1. The first-order valence-corrected chi connectivity index (χ1v) is 10.5. The largest absolute Gasteiger partial charge is 0.307 e. The molecule has 0 N–H and O–H groups in total. The summed E-state index contributed by atoms with van der Waals surface area (Å²) in [5.41, 5.74) is 4.58. The average Bonchev–Trinajstić information content (AvgIpc) is 2.90. The van der Waals surface area contributed by atoms with E-state index in [4.69, 9.17) is 0 Å². The Morgan fingerprint density at radius 1 is 1.15 bits per heavy atom. The van der Waals surface area contributed by atoms with Crippen molar-refractivity contribution in [2.45, 2.75) is 33.2 Å². The maximum Gasteiger partial charge on any atom is 0.248 e. The lowest BCUT2D eigenvalue weighted by atomic mass is 10.1. The van der Waals surface area contributed by atoms with Gasteiger partial charge in [0, 0.05) is 11.7 Å². The van der Waals surface area contributed by atoms with Crippen LogP contribution in [-0.4, -0.2) is 33.2 Å². The normalized spacial score (nSPS) is 16.5. The quantitative estimate of drug-likeness (QED) is 0.829. The Morgan fingerprint density at radius 3 is 2.50 bits per heavy atom. The summed E-state index contributed by atoms with van der Waals surface area (Å²) in [4.78, 5) is 14.7. The van der Waals surface area contributed by atoms with Crippen LogP contribution < -0.4 is 9.21 Å².